The molecule has 0 unspecified atom stereocenters. The lowest BCUT2D eigenvalue weighted by atomic mass is 10.1. The van der Waals surface area contributed by atoms with Gasteiger partial charge in [-0.05, 0) is 18.4 Å². The molecular formula is C14H20N2O. The normalized spacial score (nSPS) is 11.3. The molecule has 0 saturated carbocycles. The van der Waals surface area contributed by atoms with Crippen LogP contribution in [0.1, 0.15) is 45.1 Å². The number of rotatable bonds is 6. The van der Waals surface area contributed by atoms with Crippen molar-refractivity contribution < 1.29 is 4.79 Å². The first kappa shape index (κ1) is 13.4. The molecule has 1 rings (SSSR count). The minimum atomic E-state index is -0.00580. The molecule has 17 heavy (non-hydrogen) atoms. The summed E-state index contributed by atoms with van der Waals surface area (Å²) in [6, 6.07) is 9.91. The molecule has 0 aromatic heterocycles. The number of benzene rings is 1. The van der Waals surface area contributed by atoms with Gasteiger partial charge in [0, 0.05) is 6.42 Å². The standard InChI is InChI=1S/C14H20N2O/c1-3-5-11-14(17)16-15-13(4-2)12-9-7-6-8-10-12/h6-10H,3-5,11H2,1-2H3,(H,16,17). The smallest absolute Gasteiger partial charge is 0.240 e. The molecule has 3 nitrogen and oxygen atoms in total. The maximum absolute atomic E-state index is 11.4. The van der Waals surface area contributed by atoms with Gasteiger partial charge in [-0.1, -0.05) is 50.6 Å². The summed E-state index contributed by atoms with van der Waals surface area (Å²) in [4.78, 5) is 11.4. The zero-order chi connectivity index (χ0) is 12.5. The fourth-order valence-electron chi connectivity index (χ4n) is 1.50. The topological polar surface area (TPSA) is 41.5 Å². The number of nitrogens with one attached hydrogen (secondary N) is 1. The Morgan fingerprint density at radius 3 is 2.53 bits per heavy atom. The first-order valence-electron chi connectivity index (χ1n) is 6.18. The molecule has 0 atom stereocenters. The van der Waals surface area contributed by atoms with Crippen molar-refractivity contribution in [3.8, 4) is 0 Å². The molecule has 0 aliphatic heterocycles. The number of carbonyl (C=O) groups is 1. The summed E-state index contributed by atoms with van der Waals surface area (Å²) < 4.78 is 0. The number of carbonyl (C=O) groups excluding carboxylic acids is 1. The van der Waals surface area contributed by atoms with Crippen LogP contribution in [0.2, 0.25) is 0 Å². The molecule has 0 fully saturated rings. The Labute approximate surface area is 103 Å². The number of unbranched alkanes of at least 4 members (excludes halogenated alkanes) is 1. The molecule has 0 aliphatic carbocycles. The second-order valence-electron chi connectivity index (χ2n) is 3.92. The number of nitrogens with zero attached hydrogens (tertiary/aromatic N) is 1. The Bertz CT molecular complexity index is 371. The first-order valence-corrected chi connectivity index (χ1v) is 6.18. The van der Waals surface area contributed by atoms with Gasteiger partial charge in [-0.25, -0.2) is 5.43 Å². The van der Waals surface area contributed by atoms with Crippen molar-refractivity contribution >= 4 is 11.6 Å². The molecule has 0 spiro atoms. The Kier molecular flexibility index (Phi) is 6.00. The highest BCUT2D eigenvalue weighted by atomic mass is 16.2. The first-order chi connectivity index (χ1) is 8.27. The van der Waals surface area contributed by atoms with Crippen LogP contribution in [0, 0.1) is 0 Å². The van der Waals surface area contributed by atoms with E-state index in [1.54, 1.807) is 0 Å². The van der Waals surface area contributed by atoms with Gasteiger partial charge in [0.05, 0.1) is 5.71 Å². The average Bonchev–Trinajstić information content (AvgIpc) is 2.38. The molecular weight excluding hydrogens is 212 g/mol. The van der Waals surface area contributed by atoms with Gasteiger partial charge in [-0.3, -0.25) is 4.79 Å². The largest absolute Gasteiger partial charge is 0.273 e. The van der Waals surface area contributed by atoms with E-state index < -0.39 is 0 Å². The molecule has 0 bridgehead atoms. The maximum Gasteiger partial charge on any atom is 0.240 e. The van der Waals surface area contributed by atoms with Gasteiger partial charge >= 0.3 is 0 Å². The van der Waals surface area contributed by atoms with Crippen LogP contribution in [0.4, 0.5) is 0 Å². The van der Waals surface area contributed by atoms with Crippen LogP contribution in [-0.2, 0) is 4.79 Å². The van der Waals surface area contributed by atoms with Crippen molar-refractivity contribution in [2.75, 3.05) is 0 Å². The summed E-state index contributed by atoms with van der Waals surface area (Å²) in [7, 11) is 0. The quantitative estimate of drug-likeness (QED) is 0.594. The van der Waals surface area contributed by atoms with Crippen LogP contribution in [0.5, 0.6) is 0 Å². The predicted molar refractivity (Wildman–Crippen MR) is 70.9 cm³/mol. The number of hydrazone groups is 1. The van der Waals surface area contributed by atoms with Crippen LogP contribution in [-0.4, -0.2) is 11.6 Å². The van der Waals surface area contributed by atoms with Gasteiger partial charge in [0.15, 0.2) is 0 Å². The summed E-state index contributed by atoms with van der Waals surface area (Å²) in [5, 5.41) is 4.18. The third kappa shape index (κ3) is 4.81. The van der Waals surface area contributed by atoms with E-state index in [2.05, 4.69) is 17.5 Å². The van der Waals surface area contributed by atoms with Crippen molar-refractivity contribution in [1.82, 2.24) is 5.43 Å². The maximum atomic E-state index is 11.4. The number of amides is 1. The molecule has 0 aliphatic rings. The van der Waals surface area contributed by atoms with Crippen molar-refractivity contribution in [2.24, 2.45) is 5.10 Å². The van der Waals surface area contributed by atoms with Crippen LogP contribution < -0.4 is 5.43 Å². The second kappa shape index (κ2) is 7.60. The second-order valence-corrected chi connectivity index (χ2v) is 3.92. The van der Waals surface area contributed by atoms with Crippen molar-refractivity contribution in [1.29, 1.82) is 0 Å². The zero-order valence-corrected chi connectivity index (χ0v) is 10.6. The highest BCUT2D eigenvalue weighted by molar-refractivity contribution is 6.00. The van der Waals surface area contributed by atoms with Crippen LogP contribution in [0.3, 0.4) is 0 Å². The van der Waals surface area contributed by atoms with E-state index in [1.807, 2.05) is 37.3 Å². The lowest BCUT2D eigenvalue weighted by Crippen LogP contribution is -2.19. The highest BCUT2D eigenvalue weighted by Crippen LogP contribution is 2.03. The van der Waals surface area contributed by atoms with Crippen LogP contribution in [0.25, 0.3) is 0 Å². The highest BCUT2D eigenvalue weighted by Gasteiger charge is 2.02. The Hall–Kier alpha value is -1.64. The lowest BCUT2D eigenvalue weighted by molar-refractivity contribution is -0.121. The predicted octanol–water partition coefficient (Wildman–Crippen LogP) is 3.11. The summed E-state index contributed by atoms with van der Waals surface area (Å²) in [5.74, 6) is -0.00580. The lowest BCUT2D eigenvalue weighted by Gasteiger charge is -2.04. The Morgan fingerprint density at radius 2 is 1.94 bits per heavy atom. The molecule has 1 aromatic carbocycles. The fourth-order valence-corrected chi connectivity index (χ4v) is 1.50. The van der Waals surface area contributed by atoms with E-state index in [-0.39, 0.29) is 5.91 Å². The molecule has 1 amide bonds. The molecule has 3 heteroatoms. The number of hydrogen-bond acceptors (Lipinski definition) is 2. The van der Waals surface area contributed by atoms with Crippen LogP contribution in [0.15, 0.2) is 35.4 Å². The SMILES string of the molecule is CCCCC(=O)NN=C(CC)c1ccccc1. The summed E-state index contributed by atoms with van der Waals surface area (Å²) >= 11 is 0. The third-order valence-electron chi connectivity index (χ3n) is 2.51. The zero-order valence-electron chi connectivity index (χ0n) is 10.6. The fraction of sp³-hybridized carbons (Fsp3) is 0.429. The van der Waals surface area contributed by atoms with E-state index in [4.69, 9.17) is 0 Å². The number of hydrogen-bond donors (Lipinski definition) is 1. The third-order valence-corrected chi connectivity index (χ3v) is 2.51. The minimum Gasteiger partial charge on any atom is -0.273 e. The molecule has 92 valence electrons. The van der Waals surface area contributed by atoms with Gasteiger partial charge in [-0.2, -0.15) is 5.10 Å². The average molecular weight is 232 g/mol. The van der Waals surface area contributed by atoms with Crippen LogP contribution >= 0.6 is 0 Å². The monoisotopic (exact) mass is 232 g/mol. The van der Waals surface area contributed by atoms with Crippen molar-refractivity contribution in [3.63, 3.8) is 0 Å². The minimum absolute atomic E-state index is 0.00580. The van der Waals surface area contributed by atoms with Crippen molar-refractivity contribution in [3.05, 3.63) is 35.9 Å². The Balaban J connectivity index is 2.59. The molecule has 0 radical (unpaired) electrons. The van der Waals surface area contributed by atoms with Gasteiger partial charge in [0.25, 0.3) is 0 Å². The van der Waals surface area contributed by atoms with Gasteiger partial charge in [-0.15, -0.1) is 0 Å². The van der Waals surface area contributed by atoms with Gasteiger partial charge < -0.3 is 0 Å². The molecule has 0 heterocycles. The Morgan fingerprint density at radius 1 is 1.24 bits per heavy atom. The van der Waals surface area contributed by atoms with E-state index in [1.165, 1.54) is 0 Å². The molecule has 1 N–H and O–H groups in total. The van der Waals surface area contributed by atoms with E-state index in [0.717, 1.165) is 30.5 Å². The van der Waals surface area contributed by atoms with Gasteiger partial charge in [0.1, 0.15) is 0 Å². The summed E-state index contributed by atoms with van der Waals surface area (Å²) in [6.45, 7) is 4.10. The van der Waals surface area contributed by atoms with Crippen molar-refractivity contribution in [2.45, 2.75) is 39.5 Å². The molecule has 0 saturated heterocycles. The van der Waals surface area contributed by atoms with E-state index in [9.17, 15) is 4.79 Å². The molecule has 1 aromatic rings. The summed E-state index contributed by atoms with van der Waals surface area (Å²) in [5.41, 5.74) is 4.59. The van der Waals surface area contributed by atoms with Gasteiger partial charge in [0.2, 0.25) is 5.91 Å². The van der Waals surface area contributed by atoms with E-state index in [0.29, 0.717) is 6.42 Å². The summed E-state index contributed by atoms with van der Waals surface area (Å²) in [6.07, 6.45) is 3.29. The van der Waals surface area contributed by atoms with E-state index >= 15 is 0 Å².